The number of carbonyl (C=O) groups is 2. The van der Waals surface area contributed by atoms with Gasteiger partial charge in [0.05, 0.1) is 19.0 Å². The molecule has 4 aromatic rings. The molecule has 0 aliphatic rings. The van der Waals surface area contributed by atoms with E-state index in [0.717, 1.165) is 10.9 Å². The van der Waals surface area contributed by atoms with E-state index in [4.69, 9.17) is 13.7 Å². The van der Waals surface area contributed by atoms with E-state index in [1.165, 1.54) is 12.0 Å². The lowest BCUT2D eigenvalue weighted by molar-refractivity contribution is 0.0598. The number of fused-ring (bicyclic) bond motifs is 1. The number of hydrogen-bond donors (Lipinski definition) is 0. The number of benzene rings is 2. The zero-order chi connectivity index (χ0) is 21.3. The molecular weight excluding hydrogens is 384 g/mol. The lowest BCUT2D eigenvalue weighted by Gasteiger charge is -2.15. The zero-order valence-electron chi connectivity index (χ0n) is 16.8. The van der Waals surface area contributed by atoms with Crippen molar-refractivity contribution in [3.63, 3.8) is 0 Å². The van der Waals surface area contributed by atoms with Crippen LogP contribution >= 0.6 is 0 Å². The number of furan rings is 1. The minimum atomic E-state index is -0.470. The average molecular weight is 404 g/mol. The molecule has 0 unspecified atom stereocenters. The Hall–Kier alpha value is -3.87. The molecular formula is C23H20N2O5. The first-order chi connectivity index (χ1) is 14.5. The molecule has 2 aromatic heterocycles. The van der Waals surface area contributed by atoms with Crippen LogP contribution in [0, 0.1) is 6.92 Å². The third-order valence-corrected chi connectivity index (χ3v) is 4.87. The average Bonchev–Trinajstić information content (AvgIpc) is 3.35. The van der Waals surface area contributed by atoms with Crippen LogP contribution in [0.2, 0.25) is 0 Å². The quantitative estimate of drug-likeness (QED) is 0.457. The van der Waals surface area contributed by atoms with Crippen molar-refractivity contribution in [1.29, 1.82) is 0 Å². The molecule has 0 N–H and O–H groups in total. The van der Waals surface area contributed by atoms with E-state index in [2.05, 4.69) is 5.16 Å². The van der Waals surface area contributed by atoms with Crippen molar-refractivity contribution >= 4 is 22.8 Å². The predicted octanol–water partition coefficient (Wildman–Crippen LogP) is 4.46. The maximum absolute atomic E-state index is 13.0. The lowest BCUT2D eigenvalue weighted by atomic mass is 10.1. The summed E-state index contributed by atoms with van der Waals surface area (Å²) in [5.41, 5.74) is 2.42. The number of nitrogens with zero attached hydrogens (tertiary/aromatic N) is 2. The standard InChI is InChI=1S/C23H20N2O5/c1-14-18(23(27)28-3)12-17(29-14)13-25(2)22(26)16-9-10-20-19(11-16)21(30-24-20)15-7-5-4-6-8-15/h4-12H,13H2,1-3H3. The van der Waals surface area contributed by atoms with Crippen molar-refractivity contribution in [2.45, 2.75) is 13.5 Å². The van der Waals surface area contributed by atoms with E-state index in [9.17, 15) is 9.59 Å². The Morgan fingerprint density at radius 1 is 1.10 bits per heavy atom. The Labute approximate surface area is 172 Å². The Kier molecular flexibility index (Phi) is 5.10. The maximum atomic E-state index is 13.0. The molecule has 30 heavy (non-hydrogen) atoms. The molecule has 2 heterocycles. The second kappa shape index (κ2) is 7.87. The second-order valence-electron chi connectivity index (χ2n) is 6.95. The normalized spacial score (nSPS) is 10.9. The molecule has 0 fully saturated rings. The molecule has 0 spiro atoms. The van der Waals surface area contributed by atoms with Gasteiger partial charge < -0.3 is 18.6 Å². The van der Waals surface area contributed by atoms with E-state index in [1.807, 2.05) is 30.3 Å². The van der Waals surface area contributed by atoms with Gasteiger partial charge in [0.2, 0.25) is 0 Å². The van der Waals surface area contributed by atoms with Crippen LogP contribution in [0.5, 0.6) is 0 Å². The topological polar surface area (TPSA) is 85.8 Å². The molecule has 0 saturated heterocycles. The summed E-state index contributed by atoms with van der Waals surface area (Å²) in [5, 5.41) is 4.85. The van der Waals surface area contributed by atoms with Crippen molar-refractivity contribution in [2.24, 2.45) is 0 Å². The number of rotatable bonds is 5. The fraction of sp³-hybridized carbons (Fsp3) is 0.174. The van der Waals surface area contributed by atoms with E-state index in [-0.39, 0.29) is 12.5 Å². The van der Waals surface area contributed by atoms with Gasteiger partial charge in [-0.3, -0.25) is 4.79 Å². The molecule has 7 nitrogen and oxygen atoms in total. The van der Waals surface area contributed by atoms with E-state index >= 15 is 0 Å². The molecule has 152 valence electrons. The highest BCUT2D eigenvalue weighted by molar-refractivity contribution is 6.01. The van der Waals surface area contributed by atoms with Crippen molar-refractivity contribution < 1.29 is 23.3 Å². The number of amides is 1. The summed E-state index contributed by atoms with van der Waals surface area (Å²) in [6, 6.07) is 16.5. The van der Waals surface area contributed by atoms with Crippen LogP contribution in [0.4, 0.5) is 0 Å². The van der Waals surface area contributed by atoms with Crippen LogP contribution in [0.3, 0.4) is 0 Å². The highest BCUT2D eigenvalue weighted by atomic mass is 16.5. The Balaban J connectivity index is 1.59. The molecule has 1 amide bonds. The largest absolute Gasteiger partial charge is 0.465 e. The van der Waals surface area contributed by atoms with Gasteiger partial charge in [-0.05, 0) is 31.2 Å². The first-order valence-electron chi connectivity index (χ1n) is 9.36. The molecule has 0 bridgehead atoms. The third kappa shape index (κ3) is 3.57. The van der Waals surface area contributed by atoms with Crippen LogP contribution in [0.1, 0.15) is 32.2 Å². The highest BCUT2D eigenvalue weighted by Gasteiger charge is 2.20. The number of hydrogen-bond acceptors (Lipinski definition) is 6. The Morgan fingerprint density at radius 2 is 1.87 bits per heavy atom. The molecule has 0 radical (unpaired) electrons. The predicted molar refractivity (Wildman–Crippen MR) is 110 cm³/mol. The number of esters is 1. The molecule has 0 aliphatic heterocycles. The van der Waals surface area contributed by atoms with Crippen LogP contribution in [0.15, 0.2) is 63.5 Å². The SMILES string of the molecule is COC(=O)c1cc(CN(C)C(=O)c2ccc3noc(-c4ccccc4)c3c2)oc1C. The van der Waals surface area contributed by atoms with Gasteiger partial charge in [-0.15, -0.1) is 0 Å². The summed E-state index contributed by atoms with van der Waals surface area (Å²) >= 11 is 0. The monoisotopic (exact) mass is 404 g/mol. The number of aromatic nitrogens is 1. The Morgan fingerprint density at radius 3 is 2.60 bits per heavy atom. The minimum absolute atomic E-state index is 0.189. The van der Waals surface area contributed by atoms with Crippen molar-refractivity contribution in [1.82, 2.24) is 10.1 Å². The Bertz CT molecular complexity index is 1220. The van der Waals surface area contributed by atoms with Gasteiger partial charge in [-0.2, -0.15) is 0 Å². The van der Waals surface area contributed by atoms with Crippen molar-refractivity contribution in [3.8, 4) is 11.3 Å². The van der Waals surface area contributed by atoms with Gasteiger partial charge in [-0.1, -0.05) is 35.5 Å². The van der Waals surface area contributed by atoms with Gasteiger partial charge in [0.1, 0.15) is 22.6 Å². The van der Waals surface area contributed by atoms with Gasteiger partial charge in [0.15, 0.2) is 5.76 Å². The maximum Gasteiger partial charge on any atom is 0.341 e. The lowest BCUT2D eigenvalue weighted by Crippen LogP contribution is -2.25. The van der Waals surface area contributed by atoms with Gasteiger partial charge >= 0.3 is 5.97 Å². The zero-order valence-corrected chi connectivity index (χ0v) is 16.8. The molecule has 2 aromatic carbocycles. The van der Waals surface area contributed by atoms with Crippen LogP contribution < -0.4 is 0 Å². The number of carbonyl (C=O) groups excluding carboxylic acids is 2. The summed E-state index contributed by atoms with van der Waals surface area (Å²) in [5.74, 6) is 0.914. The summed E-state index contributed by atoms with van der Waals surface area (Å²) in [6.45, 7) is 1.90. The number of ether oxygens (including phenoxy) is 1. The fourth-order valence-electron chi connectivity index (χ4n) is 3.33. The first-order valence-corrected chi connectivity index (χ1v) is 9.36. The summed E-state index contributed by atoms with van der Waals surface area (Å²) < 4.78 is 15.9. The van der Waals surface area contributed by atoms with Gasteiger partial charge in [-0.25, -0.2) is 4.79 Å². The van der Waals surface area contributed by atoms with Crippen LogP contribution in [0.25, 0.3) is 22.2 Å². The summed E-state index contributed by atoms with van der Waals surface area (Å²) in [4.78, 5) is 26.3. The molecule has 0 aliphatic carbocycles. The summed E-state index contributed by atoms with van der Waals surface area (Å²) in [6.07, 6.45) is 0. The third-order valence-electron chi connectivity index (χ3n) is 4.87. The second-order valence-corrected chi connectivity index (χ2v) is 6.95. The van der Waals surface area contributed by atoms with Crippen LogP contribution in [-0.2, 0) is 11.3 Å². The van der Waals surface area contributed by atoms with Crippen LogP contribution in [-0.4, -0.2) is 36.1 Å². The minimum Gasteiger partial charge on any atom is -0.465 e. The number of methoxy groups -OCH3 is 1. The van der Waals surface area contributed by atoms with E-state index < -0.39 is 5.97 Å². The van der Waals surface area contributed by atoms with E-state index in [1.54, 1.807) is 38.2 Å². The molecule has 0 saturated carbocycles. The number of aryl methyl sites for hydroxylation is 1. The first kappa shape index (κ1) is 19.4. The summed E-state index contributed by atoms with van der Waals surface area (Å²) in [7, 11) is 2.99. The molecule has 4 rings (SSSR count). The van der Waals surface area contributed by atoms with Crippen molar-refractivity contribution in [2.75, 3.05) is 14.2 Å². The van der Waals surface area contributed by atoms with Gasteiger partial charge in [0, 0.05) is 18.2 Å². The van der Waals surface area contributed by atoms with Crippen molar-refractivity contribution in [3.05, 3.63) is 77.2 Å². The molecule has 0 atom stereocenters. The van der Waals surface area contributed by atoms with Gasteiger partial charge in [0.25, 0.3) is 5.91 Å². The highest BCUT2D eigenvalue weighted by Crippen LogP contribution is 2.29. The molecule has 7 heteroatoms. The fourth-order valence-corrected chi connectivity index (χ4v) is 3.33. The van der Waals surface area contributed by atoms with E-state index in [0.29, 0.717) is 33.9 Å². The smallest absolute Gasteiger partial charge is 0.341 e.